The Labute approximate surface area is 303 Å². The molecule has 0 aromatic carbocycles. The first kappa shape index (κ1) is 45.9. The molecule has 4 N–H and O–H groups in total. The van der Waals surface area contributed by atoms with Crippen LogP contribution < -0.4 is 11.2 Å². The molecule has 0 amide bonds. The van der Waals surface area contributed by atoms with Crippen molar-refractivity contribution < 1.29 is 51.4 Å². The van der Waals surface area contributed by atoms with Gasteiger partial charge in [-0.1, -0.05) is 97.3 Å². The predicted molar refractivity (Wildman–Crippen MR) is 191 cm³/mol. The van der Waals surface area contributed by atoms with Crippen LogP contribution in [0.5, 0.6) is 0 Å². The molecule has 7 atom stereocenters. The predicted octanol–water partition coefficient (Wildman–Crippen LogP) is 7.10. The number of aromatic nitrogens is 2. The molecule has 0 aliphatic carbocycles. The second kappa shape index (κ2) is 24.2. The molecular formula is C34H60F3N2O10PS. The molecule has 2 heterocycles. The van der Waals surface area contributed by atoms with Crippen LogP contribution in [0.25, 0.3) is 0 Å². The van der Waals surface area contributed by atoms with Gasteiger partial charge in [0.15, 0.2) is 6.23 Å². The minimum atomic E-state index is -5.11. The lowest BCUT2D eigenvalue weighted by Crippen LogP contribution is -2.40. The SMILES string of the molecule is CCCCCCCCCCCSC(CCCCCCC)C(C)OCCCOP(=O)(O)OC[C@H]1O[C@@H](n2cc(C(F)(F)F)c(=O)[nH]c2=O)[C@H](O)[C@@H]1O. The third-order valence-corrected chi connectivity index (χ3v) is 11.5. The lowest BCUT2D eigenvalue weighted by Gasteiger charge is -2.24. The smallest absolute Gasteiger partial charge is 0.387 e. The molecule has 0 radical (unpaired) electrons. The number of phosphoric ester groups is 1. The molecule has 0 spiro atoms. The number of alkyl halides is 3. The van der Waals surface area contributed by atoms with Crippen molar-refractivity contribution in [3.63, 3.8) is 0 Å². The molecule has 51 heavy (non-hydrogen) atoms. The number of halogens is 3. The summed E-state index contributed by atoms with van der Waals surface area (Å²) in [5.41, 5.74) is -4.73. The third-order valence-electron chi connectivity index (χ3n) is 8.91. The Morgan fingerprint density at radius 1 is 0.902 bits per heavy atom. The lowest BCUT2D eigenvalue weighted by molar-refractivity contribution is -0.140. The van der Waals surface area contributed by atoms with Gasteiger partial charge in [-0.15, -0.1) is 0 Å². The number of rotatable bonds is 28. The second-order valence-electron chi connectivity index (χ2n) is 13.2. The van der Waals surface area contributed by atoms with Gasteiger partial charge < -0.3 is 24.6 Å². The highest BCUT2D eigenvalue weighted by Gasteiger charge is 2.46. The average Bonchev–Trinajstić information content (AvgIpc) is 3.35. The summed E-state index contributed by atoms with van der Waals surface area (Å²) in [6, 6.07) is 0. The van der Waals surface area contributed by atoms with Gasteiger partial charge in [0.05, 0.1) is 19.3 Å². The van der Waals surface area contributed by atoms with E-state index in [4.69, 9.17) is 18.5 Å². The highest BCUT2D eigenvalue weighted by Crippen LogP contribution is 2.44. The van der Waals surface area contributed by atoms with E-state index in [9.17, 15) is 42.4 Å². The molecule has 0 bridgehead atoms. The van der Waals surface area contributed by atoms with Crippen LogP contribution in [0.2, 0.25) is 0 Å². The number of hydrogen-bond acceptors (Lipinski definition) is 10. The molecule has 1 aromatic heterocycles. The number of phosphoric acid groups is 1. The molecule has 3 unspecified atom stereocenters. The maximum atomic E-state index is 13.2. The molecule has 1 fully saturated rings. The van der Waals surface area contributed by atoms with Gasteiger partial charge >= 0.3 is 19.7 Å². The Bertz CT molecular complexity index is 1270. The Morgan fingerprint density at radius 3 is 2.10 bits per heavy atom. The fourth-order valence-corrected chi connectivity index (χ4v) is 7.97. The normalized spacial score (nSPS) is 21.9. The van der Waals surface area contributed by atoms with E-state index in [0.717, 1.165) is 18.6 Å². The number of hydrogen-bond donors (Lipinski definition) is 4. The van der Waals surface area contributed by atoms with Crippen molar-refractivity contribution in [1.29, 1.82) is 0 Å². The second-order valence-corrected chi connectivity index (χ2v) is 16.0. The zero-order valence-electron chi connectivity index (χ0n) is 30.3. The number of ether oxygens (including phenoxy) is 2. The van der Waals surface area contributed by atoms with Crippen LogP contribution in [0.4, 0.5) is 13.2 Å². The highest BCUT2D eigenvalue weighted by molar-refractivity contribution is 7.99. The largest absolute Gasteiger partial charge is 0.472 e. The quantitative estimate of drug-likeness (QED) is 0.0506. The summed E-state index contributed by atoms with van der Waals surface area (Å²) in [6.07, 6.45) is 6.90. The molecule has 1 aromatic rings. The Morgan fingerprint density at radius 2 is 1.49 bits per heavy atom. The molecule has 1 aliphatic heterocycles. The lowest BCUT2D eigenvalue weighted by atomic mass is 10.1. The molecule has 17 heteroatoms. The molecular weight excluding hydrogens is 716 g/mol. The van der Waals surface area contributed by atoms with Crippen LogP contribution in [-0.4, -0.2) is 79.9 Å². The van der Waals surface area contributed by atoms with Crippen molar-refractivity contribution in [2.45, 2.75) is 166 Å². The van der Waals surface area contributed by atoms with Crippen LogP contribution in [0, 0.1) is 0 Å². The van der Waals surface area contributed by atoms with Crippen molar-refractivity contribution in [2.24, 2.45) is 0 Å². The Hall–Kier alpha value is -1.23. The number of unbranched alkanes of at least 4 members (excludes halogenated alkanes) is 12. The number of nitrogens with zero attached hydrogens (tertiary/aromatic N) is 1. The van der Waals surface area contributed by atoms with Gasteiger partial charge in [0, 0.05) is 18.1 Å². The maximum Gasteiger partial charge on any atom is 0.472 e. The summed E-state index contributed by atoms with van der Waals surface area (Å²) in [4.78, 5) is 35.4. The summed E-state index contributed by atoms with van der Waals surface area (Å²) in [7, 11) is -4.67. The summed E-state index contributed by atoms with van der Waals surface area (Å²) < 4.78 is 73.6. The zero-order chi connectivity index (χ0) is 37.9. The number of H-pyrrole nitrogens is 1. The van der Waals surface area contributed by atoms with E-state index in [2.05, 4.69) is 20.8 Å². The maximum absolute atomic E-state index is 13.2. The molecule has 2 rings (SSSR count). The number of nitrogens with one attached hydrogen (secondary N) is 1. The van der Waals surface area contributed by atoms with E-state index in [0.29, 0.717) is 11.7 Å². The minimum Gasteiger partial charge on any atom is -0.387 e. The van der Waals surface area contributed by atoms with Gasteiger partial charge in [-0.25, -0.2) is 9.36 Å². The third kappa shape index (κ3) is 17.2. The first-order valence-corrected chi connectivity index (χ1v) is 21.1. The van der Waals surface area contributed by atoms with E-state index in [-0.39, 0.29) is 30.1 Å². The van der Waals surface area contributed by atoms with Gasteiger partial charge in [-0.2, -0.15) is 24.9 Å². The van der Waals surface area contributed by atoms with Crippen molar-refractivity contribution in [3.05, 3.63) is 32.6 Å². The van der Waals surface area contributed by atoms with Crippen LogP contribution in [0.1, 0.15) is 135 Å². The molecule has 12 nitrogen and oxygen atoms in total. The van der Waals surface area contributed by atoms with Gasteiger partial charge in [0.1, 0.15) is 23.9 Å². The monoisotopic (exact) mass is 776 g/mol. The summed E-state index contributed by atoms with van der Waals surface area (Å²) >= 11 is 1.96. The van der Waals surface area contributed by atoms with E-state index in [1.165, 1.54) is 88.5 Å². The van der Waals surface area contributed by atoms with Crippen LogP contribution >= 0.6 is 19.6 Å². The summed E-state index contributed by atoms with van der Waals surface area (Å²) in [5.74, 6) is 1.09. The number of aliphatic hydroxyl groups excluding tert-OH is 2. The fourth-order valence-electron chi connectivity index (χ4n) is 5.84. The van der Waals surface area contributed by atoms with Crippen molar-refractivity contribution in [2.75, 3.05) is 25.6 Å². The van der Waals surface area contributed by atoms with E-state index in [1.807, 2.05) is 11.8 Å². The van der Waals surface area contributed by atoms with E-state index >= 15 is 0 Å². The van der Waals surface area contributed by atoms with Crippen LogP contribution in [-0.2, 0) is 29.3 Å². The average molecular weight is 777 g/mol. The van der Waals surface area contributed by atoms with Crippen molar-refractivity contribution in [3.8, 4) is 0 Å². The standard InChI is InChI=1S/C34H60F3N2O10PS/c1-4-6-8-10-11-12-13-15-17-22-51-28(19-16-14-9-7-5-2)25(3)46-20-18-21-47-50(44,45)48-24-27-29(40)30(41)32(49-27)39-23-26(34(35,36)37)31(42)38-33(39)43/h23,25,27-30,32,40-41H,4-22,24H2,1-3H3,(H,44,45)(H,38,42,43)/t25?,27-,28?,29-,30-,32-/m1/s1. The summed E-state index contributed by atoms with van der Waals surface area (Å²) in [6.45, 7) is 5.80. The van der Waals surface area contributed by atoms with Crippen molar-refractivity contribution in [1.82, 2.24) is 9.55 Å². The van der Waals surface area contributed by atoms with Crippen LogP contribution in [0.3, 0.4) is 0 Å². The number of aliphatic hydroxyl groups is 2. The number of thioether (sulfide) groups is 1. The molecule has 298 valence electrons. The Balaban J connectivity index is 1.76. The molecule has 0 saturated carbocycles. The fraction of sp³-hybridized carbons (Fsp3) is 0.882. The van der Waals surface area contributed by atoms with Gasteiger partial charge in [0.25, 0.3) is 5.56 Å². The topological polar surface area (TPSA) is 170 Å². The molecule has 1 aliphatic rings. The van der Waals surface area contributed by atoms with E-state index in [1.54, 1.807) is 0 Å². The zero-order valence-corrected chi connectivity index (χ0v) is 32.0. The van der Waals surface area contributed by atoms with Crippen LogP contribution in [0.15, 0.2) is 15.8 Å². The molecule has 1 saturated heterocycles. The van der Waals surface area contributed by atoms with Gasteiger partial charge in [-0.3, -0.25) is 23.4 Å². The highest BCUT2D eigenvalue weighted by atomic mass is 32.2. The summed E-state index contributed by atoms with van der Waals surface area (Å²) in [5, 5.41) is 21.0. The first-order valence-electron chi connectivity index (χ1n) is 18.5. The number of aromatic amines is 1. The van der Waals surface area contributed by atoms with Gasteiger partial charge in [0.2, 0.25) is 0 Å². The van der Waals surface area contributed by atoms with Crippen molar-refractivity contribution >= 4 is 19.6 Å². The Kier molecular flexibility index (Phi) is 21.8. The first-order chi connectivity index (χ1) is 24.2. The van der Waals surface area contributed by atoms with Gasteiger partial charge in [-0.05, 0) is 31.9 Å². The van der Waals surface area contributed by atoms with E-state index < -0.39 is 62.0 Å². The minimum absolute atomic E-state index is 0.0144.